The molecule has 3 nitrogen and oxygen atoms in total. The van der Waals surface area contributed by atoms with E-state index in [1.54, 1.807) is 0 Å². The molecule has 0 amide bonds. The molecule has 0 aliphatic heterocycles. The molecule has 0 saturated heterocycles. The molecule has 0 aromatic carbocycles. The van der Waals surface area contributed by atoms with Gasteiger partial charge in [-0.25, -0.2) is 4.98 Å². The van der Waals surface area contributed by atoms with E-state index >= 15 is 0 Å². The first-order valence-electron chi connectivity index (χ1n) is 5.02. The second-order valence-electron chi connectivity index (χ2n) is 3.17. The summed E-state index contributed by atoms with van der Waals surface area (Å²) in [6, 6.07) is 0. The van der Waals surface area contributed by atoms with Crippen LogP contribution in [-0.4, -0.2) is 16.1 Å². The molecule has 1 heterocycles. The summed E-state index contributed by atoms with van der Waals surface area (Å²) in [6.45, 7) is 4.85. The van der Waals surface area contributed by atoms with Crippen LogP contribution in [0.3, 0.4) is 0 Å². The SMILES string of the molecule is C#CCCNCc1nccn1CCC. The van der Waals surface area contributed by atoms with Crippen LogP contribution in [0.2, 0.25) is 0 Å². The molecule has 0 aliphatic rings. The third kappa shape index (κ3) is 3.23. The van der Waals surface area contributed by atoms with Gasteiger partial charge in [-0.1, -0.05) is 6.92 Å². The van der Waals surface area contributed by atoms with Gasteiger partial charge in [-0.15, -0.1) is 12.3 Å². The second kappa shape index (κ2) is 6.22. The number of hydrogen-bond acceptors (Lipinski definition) is 2. The zero-order chi connectivity index (χ0) is 10.2. The standard InChI is InChI=1S/C11H17N3/c1-3-5-6-12-10-11-13-7-9-14(11)8-4-2/h1,7,9,12H,4-6,8,10H2,2H3. The van der Waals surface area contributed by atoms with E-state index in [2.05, 4.69) is 27.7 Å². The van der Waals surface area contributed by atoms with Gasteiger partial charge in [-0.2, -0.15) is 0 Å². The Labute approximate surface area is 85.5 Å². The maximum atomic E-state index is 5.15. The summed E-state index contributed by atoms with van der Waals surface area (Å²) >= 11 is 0. The van der Waals surface area contributed by atoms with E-state index in [4.69, 9.17) is 6.42 Å². The van der Waals surface area contributed by atoms with Crippen molar-refractivity contribution in [3.63, 3.8) is 0 Å². The highest BCUT2D eigenvalue weighted by Gasteiger charge is 1.99. The van der Waals surface area contributed by atoms with Crippen LogP contribution < -0.4 is 5.32 Å². The Bertz CT molecular complexity index is 296. The van der Waals surface area contributed by atoms with E-state index in [0.717, 1.165) is 38.3 Å². The summed E-state index contributed by atoms with van der Waals surface area (Å²) in [5, 5.41) is 3.26. The fraction of sp³-hybridized carbons (Fsp3) is 0.545. The van der Waals surface area contributed by atoms with Crippen molar-refractivity contribution < 1.29 is 0 Å². The maximum absolute atomic E-state index is 5.15. The van der Waals surface area contributed by atoms with Crippen molar-refractivity contribution in [1.82, 2.24) is 14.9 Å². The Morgan fingerprint density at radius 2 is 2.50 bits per heavy atom. The summed E-state index contributed by atoms with van der Waals surface area (Å²) < 4.78 is 2.17. The maximum Gasteiger partial charge on any atom is 0.122 e. The van der Waals surface area contributed by atoms with Gasteiger partial charge in [0.05, 0.1) is 6.54 Å². The molecule has 0 unspecified atom stereocenters. The number of imidazole rings is 1. The van der Waals surface area contributed by atoms with Gasteiger partial charge in [0.25, 0.3) is 0 Å². The van der Waals surface area contributed by atoms with E-state index in [0.29, 0.717) is 0 Å². The highest BCUT2D eigenvalue weighted by molar-refractivity contribution is 4.92. The van der Waals surface area contributed by atoms with Gasteiger partial charge in [0.1, 0.15) is 5.82 Å². The summed E-state index contributed by atoms with van der Waals surface area (Å²) in [5.74, 6) is 3.68. The zero-order valence-electron chi connectivity index (χ0n) is 8.66. The van der Waals surface area contributed by atoms with Gasteiger partial charge >= 0.3 is 0 Å². The number of nitrogens with one attached hydrogen (secondary N) is 1. The first-order valence-corrected chi connectivity index (χ1v) is 5.02. The summed E-state index contributed by atoms with van der Waals surface area (Å²) in [6.07, 6.45) is 10.9. The highest BCUT2D eigenvalue weighted by atomic mass is 15.1. The Morgan fingerprint density at radius 1 is 1.64 bits per heavy atom. The lowest BCUT2D eigenvalue weighted by Crippen LogP contribution is -2.17. The lowest BCUT2D eigenvalue weighted by molar-refractivity contribution is 0.593. The predicted molar refractivity (Wildman–Crippen MR) is 57.7 cm³/mol. The Hall–Kier alpha value is -1.27. The van der Waals surface area contributed by atoms with Crippen LogP contribution in [0, 0.1) is 12.3 Å². The van der Waals surface area contributed by atoms with Gasteiger partial charge in [0, 0.05) is 31.9 Å². The monoisotopic (exact) mass is 191 g/mol. The van der Waals surface area contributed by atoms with E-state index in [9.17, 15) is 0 Å². The first-order chi connectivity index (χ1) is 6.88. The number of terminal acetylenes is 1. The minimum absolute atomic E-state index is 0.772. The topological polar surface area (TPSA) is 29.9 Å². The lowest BCUT2D eigenvalue weighted by atomic mass is 10.4. The minimum Gasteiger partial charge on any atom is -0.334 e. The third-order valence-electron chi connectivity index (χ3n) is 2.00. The fourth-order valence-electron chi connectivity index (χ4n) is 1.31. The van der Waals surface area contributed by atoms with Gasteiger partial charge in [-0.3, -0.25) is 0 Å². The van der Waals surface area contributed by atoms with Crippen molar-refractivity contribution in [2.24, 2.45) is 0 Å². The molecule has 0 radical (unpaired) electrons. The van der Waals surface area contributed by atoms with Crippen molar-refractivity contribution in [2.75, 3.05) is 6.54 Å². The van der Waals surface area contributed by atoms with Crippen LogP contribution in [0.15, 0.2) is 12.4 Å². The van der Waals surface area contributed by atoms with Crippen molar-refractivity contribution in [3.8, 4) is 12.3 Å². The average molecular weight is 191 g/mol. The normalized spacial score (nSPS) is 10.0. The molecule has 76 valence electrons. The molecule has 14 heavy (non-hydrogen) atoms. The molecule has 1 aromatic heterocycles. The molecule has 0 atom stereocenters. The van der Waals surface area contributed by atoms with Gasteiger partial charge in [0.2, 0.25) is 0 Å². The summed E-state index contributed by atoms with van der Waals surface area (Å²) in [4.78, 5) is 4.28. The predicted octanol–water partition coefficient (Wildman–Crippen LogP) is 1.41. The van der Waals surface area contributed by atoms with Crippen LogP contribution in [0.1, 0.15) is 25.6 Å². The molecule has 1 aromatic rings. The van der Waals surface area contributed by atoms with Crippen molar-refractivity contribution >= 4 is 0 Å². The quantitative estimate of drug-likeness (QED) is 0.544. The van der Waals surface area contributed by atoms with E-state index in [1.807, 2.05) is 12.4 Å². The largest absolute Gasteiger partial charge is 0.334 e. The van der Waals surface area contributed by atoms with E-state index in [1.165, 1.54) is 0 Å². The van der Waals surface area contributed by atoms with E-state index < -0.39 is 0 Å². The van der Waals surface area contributed by atoms with Crippen LogP contribution in [0.25, 0.3) is 0 Å². The Balaban J connectivity index is 2.34. The van der Waals surface area contributed by atoms with Crippen molar-refractivity contribution in [1.29, 1.82) is 0 Å². The zero-order valence-corrected chi connectivity index (χ0v) is 8.66. The lowest BCUT2D eigenvalue weighted by Gasteiger charge is -2.06. The summed E-state index contributed by atoms with van der Waals surface area (Å²) in [7, 11) is 0. The Kier molecular flexibility index (Phi) is 4.81. The number of nitrogens with zero attached hydrogens (tertiary/aromatic N) is 2. The average Bonchev–Trinajstić information content (AvgIpc) is 2.61. The van der Waals surface area contributed by atoms with Crippen molar-refractivity contribution in [3.05, 3.63) is 18.2 Å². The molecule has 3 heteroatoms. The molecule has 0 saturated carbocycles. The first kappa shape index (κ1) is 10.8. The second-order valence-corrected chi connectivity index (χ2v) is 3.17. The van der Waals surface area contributed by atoms with Crippen LogP contribution in [0.4, 0.5) is 0 Å². The van der Waals surface area contributed by atoms with Crippen molar-refractivity contribution in [2.45, 2.75) is 32.9 Å². The molecule has 1 rings (SSSR count). The summed E-state index contributed by atoms with van der Waals surface area (Å²) in [5.41, 5.74) is 0. The van der Waals surface area contributed by atoms with Gasteiger partial charge in [-0.05, 0) is 6.42 Å². The molecule has 0 aliphatic carbocycles. The molecule has 0 spiro atoms. The third-order valence-corrected chi connectivity index (χ3v) is 2.00. The highest BCUT2D eigenvalue weighted by Crippen LogP contribution is 1.98. The number of rotatable bonds is 6. The Morgan fingerprint density at radius 3 is 3.21 bits per heavy atom. The molecular weight excluding hydrogens is 174 g/mol. The number of hydrogen-bond donors (Lipinski definition) is 1. The van der Waals surface area contributed by atoms with Crippen LogP contribution in [-0.2, 0) is 13.1 Å². The molecule has 0 fully saturated rings. The number of aromatic nitrogens is 2. The number of aryl methyl sites for hydroxylation is 1. The molecular formula is C11H17N3. The van der Waals surface area contributed by atoms with E-state index in [-0.39, 0.29) is 0 Å². The minimum atomic E-state index is 0.772. The van der Waals surface area contributed by atoms with Crippen LogP contribution in [0.5, 0.6) is 0 Å². The van der Waals surface area contributed by atoms with Gasteiger partial charge in [0.15, 0.2) is 0 Å². The molecule has 0 bridgehead atoms. The smallest absolute Gasteiger partial charge is 0.122 e. The molecule has 1 N–H and O–H groups in total. The van der Waals surface area contributed by atoms with Crippen LogP contribution >= 0.6 is 0 Å². The van der Waals surface area contributed by atoms with Gasteiger partial charge < -0.3 is 9.88 Å². The fourth-order valence-corrected chi connectivity index (χ4v) is 1.31.